The van der Waals surface area contributed by atoms with Crippen molar-refractivity contribution >= 4 is 17.8 Å². The molecule has 0 spiro atoms. The van der Waals surface area contributed by atoms with Crippen molar-refractivity contribution in [2.24, 2.45) is 5.73 Å². The van der Waals surface area contributed by atoms with Crippen LogP contribution in [0.25, 0.3) is 0 Å². The highest BCUT2D eigenvalue weighted by atomic mass is 16.4. The zero-order valence-electron chi connectivity index (χ0n) is 10.9. The first kappa shape index (κ1) is 14.0. The third kappa shape index (κ3) is 3.81. The zero-order valence-corrected chi connectivity index (χ0v) is 10.9. The van der Waals surface area contributed by atoms with Crippen LogP contribution in [0.5, 0.6) is 0 Å². The molecule has 1 aliphatic rings. The van der Waals surface area contributed by atoms with Gasteiger partial charge in [-0.2, -0.15) is 0 Å². The minimum atomic E-state index is -0.977. The van der Waals surface area contributed by atoms with Crippen molar-refractivity contribution in [1.82, 2.24) is 15.3 Å². The number of hydrogen-bond acceptors (Lipinski definition) is 5. The van der Waals surface area contributed by atoms with Crippen LogP contribution >= 0.6 is 0 Å². The predicted octanol–water partition coefficient (Wildman–Crippen LogP) is 0.566. The second-order valence-corrected chi connectivity index (χ2v) is 4.79. The number of anilines is 1. The summed E-state index contributed by atoms with van der Waals surface area (Å²) in [5.74, 6) is -0.0195. The molecule has 0 radical (unpaired) electrons. The summed E-state index contributed by atoms with van der Waals surface area (Å²) in [7, 11) is 0. The van der Waals surface area contributed by atoms with Gasteiger partial charge >= 0.3 is 6.09 Å². The van der Waals surface area contributed by atoms with E-state index in [1.54, 1.807) is 0 Å². The number of hydrogen-bond donors (Lipinski definition) is 4. The number of nitrogens with zero attached hydrogens (tertiary/aromatic N) is 2. The molecule has 0 bridgehead atoms. The van der Waals surface area contributed by atoms with E-state index < -0.39 is 12.0 Å². The Labute approximate surface area is 115 Å². The molecule has 0 unspecified atom stereocenters. The van der Waals surface area contributed by atoms with Gasteiger partial charge in [-0.1, -0.05) is 0 Å². The van der Waals surface area contributed by atoms with Crippen LogP contribution in [-0.4, -0.2) is 39.2 Å². The molecule has 0 saturated heterocycles. The summed E-state index contributed by atoms with van der Waals surface area (Å²) in [4.78, 5) is 29.4. The van der Waals surface area contributed by atoms with Crippen LogP contribution in [-0.2, 0) is 0 Å². The smallest absolute Gasteiger partial charge is 0.404 e. The topological polar surface area (TPSA) is 130 Å². The maximum Gasteiger partial charge on any atom is 0.404 e. The van der Waals surface area contributed by atoms with Crippen LogP contribution in [0.3, 0.4) is 0 Å². The van der Waals surface area contributed by atoms with Gasteiger partial charge in [0.25, 0.3) is 5.91 Å². The minimum absolute atomic E-state index is 0.0221. The number of carbonyl (C=O) groups is 2. The molecule has 0 atom stereocenters. The Morgan fingerprint density at radius 3 is 2.30 bits per heavy atom. The van der Waals surface area contributed by atoms with Gasteiger partial charge in [0.1, 0.15) is 11.5 Å². The molecule has 1 saturated carbocycles. The molecule has 8 heteroatoms. The standard InChI is InChI=1S/C12H17N5O3/c13-11(18)9-5-15-10(6-14-9)16-7-1-3-8(4-2-7)17-12(19)20/h5-8,17H,1-4H2,(H2,13,18)(H,15,16)(H,19,20)/t7-,8-. The van der Waals surface area contributed by atoms with E-state index in [1.807, 2.05) is 0 Å². The van der Waals surface area contributed by atoms with Gasteiger partial charge in [-0.15, -0.1) is 0 Å². The van der Waals surface area contributed by atoms with E-state index in [0.29, 0.717) is 5.82 Å². The monoisotopic (exact) mass is 279 g/mol. The van der Waals surface area contributed by atoms with E-state index in [2.05, 4.69) is 20.6 Å². The van der Waals surface area contributed by atoms with Crippen LogP contribution in [0.2, 0.25) is 0 Å². The molecule has 1 aliphatic carbocycles. The summed E-state index contributed by atoms with van der Waals surface area (Å²) < 4.78 is 0. The number of rotatable bonds is 4. The maximum atomic E-state index is 10.9. The average Bonchev–Trinajstić information content (AvgIpc) is 2.41. The maximum absolute atomic E-state index is 10.9. The summed E-state index contributed by atoms with van der Waals surface area (Å²) >= 11 is 0. The Kier molecular flexibility index (Phi) is 4.34. The van der Waals surface area contributed by atoms with Crippen molar-refractivity contribution in [3.8, 4) is 0 Å². The lowest BCUT2D eigenvalue weighted by molar-refractivity contribution is 0.0995. The SMILES string of the molecule is NC(=O)c1cnc(N[C@H]2CC[C@H](NC(=O)O)CC2)cn1. The minimum Gasteiger partial charge on any atom is -0.465 e. The molecule has 2 rings (SSSR count). The van der Waals surface area contributed by atoms with Crippen LogP contribution in [0.4, 0.5) is 10.6 Å². The van der Waals surface area contributed by atoms with E-state index >= 15 is 0 Å². The largest absolute Gasteiger partial charge is 0.465 e. The van der Waals surface area contributed by atoms with Crippen LogP contribution in [0, 0.1) is 0 Å². The molecule has 1 aromatic heterocycles. The van der Waals surface area contributed by atoms with Crippen molar-refractivity contribution in [2.75, 3.05) is 5.32 Å². The normalized spacial score (nSPS) is 22.0. The Balaban J connectivity index is 1.83. The first-order valence-electron chi connectivity index (χ1n) is 6.42. The fourth-order valence-electron chi connectivity index (χ4n) is 2.30. The van der Waals surface area contributed by atoms with E-state index in [9.17, 15) is 9.59 Å². The fourth-order valence-corrected chi connectivity index (χ4v) is 2.30. The van der Waals surface area contributed by atoms with Crippen molar-refractivity contribution in [2.45, 2.75) is 37.8 Å². The Morgan fingerprint density at radius 2 is 1.80 bits per heavy atom. The van der Waals surface area contributed by atoms with Gasteiger partial charge in [0, 0.05) is 12.1 Å². The quantitative estimate of drug-likeness (QED) is 0.637. The Morgan fingerprint density at radius 1 is 1.15 bits per heavy atom. The van der Waals surface area contributed by atoms with Gasteiger partial charge in [0.2, 0.25) is 0 Å². The molecule has 1 fully saturated rings. The van der Waals surface area contributed by atoms with E-state index in [-0.39, 0.29) is 17.8 Å². The van der Waals surface area contributed by atoms with E-state index in [4.69, 9.17) is 10.8 Å². The van der Waals surface area contributed by atoms with Crippen LogP contribution in [0.15, 0.2) is 12.4 Å². The molecule has 1 aromatic rings. The lowest BCUT2D eigenvalue weighted by atomic mass is 9.91. The molecule has 2 amide bonds. The van der Waals surface area contributed by atoms with Crippen LogP contribution in [0.1, 0.15) is 36.2 Å². The van der Waals surface area contributed by atoms with Crippen molar-refractivity contribution < 1.29 is 14.7 Å². The first-order chi connectivity index (χ1) is 9.54. The highest BCUT2D eigenvalue weighted by Crippen LogP contribution is 2.21. The lowest BCUT2D eigenvalue weighted by Crippen LogP contribution is -2.39. The molecule has 108 valence electrons. The molecular weight excluding hydrogens is 262 g/mol. The van der Waals surface area contributed by atoms with Gasteiger partial charge < -0.3 is 21.5 Å². The molecule has 8 nitrogen and oxygen atoms in total. The number of primary amides is 1. The molecule has 0 aliphatic heterocycles. The summed E-state index contributed by atoms with van der Waals surface area (Å²) in [5.41, 5.74) is 5.22. The van der Waals surface area contributed by atoms with Crippen molar-refractivity contribution in [1.29, 1.82) is 0 Å². The van der Waals surface area contributed by atoms with E-state index in [1.165, 1.54) is 12.4 Å². The zero-order chi connectivity index (χ0) is 14.5. The highest BCUT2D eigenvalue weighted by molar-refractivity contribution is 5.90. The number of carboxylic acid groups (broad SMARTS) is 1. The number of carbonyl (C=O) groups excluding carboxylic acids is 1. The van der Waals surface area contributed by atoms with Gasteiger partial charge in [-0.3, -0.25) is 4.79 Å². The predicted molar refractivity (Wildman–Crippen MR) is 71.4 cm³/mol. The third-order valence-corrected chi connectivity index (χ3v) is 3.31. The number of aromatic nitrogens is 2. The molecule has 1 heterocycles. The van der Waals surface area contributed by atoms with Gasteiger partial charge in [-0.05, 0) is 25.7 Å². The van der Waals surface area contributed by atoms with Gasteiger partial charge in [0.15, 0.2) is 0 Å². The van der Waals surface area contributed by atoms with Gasteiger partial charge in [-0.25, -0.2) is 14.8 Å². The number of nitrogens with one attached hydrogen (secondary N) is 2. The summed E-state index contributed by atoms with van der Waals surface area (Å²) in [6.45, 7) is 0. The van der Waals surface area contributed by atoms with Crippen molar-refractivity contribution in [3.05, 3.63) is 18.1 Å². The Hall–Kier alpha value is -2.38. The molecule has 5 N–H and O–H groups in total. The summed E-state index contributed by atoms with van der Waals surface area (Å²) in [6, 6.07) is 0.254. The van der Waals surface area contributed by atoms with Crippen LogP contribution < -0.4 is 16.4 Å². The average molecular weight is 279 g/mol. The molecule has 0 aromatic carbocycles. The second kappa shape index (κ2) is 6.18. The summed E-state index contributed by atoms with van der Waals surface area (Å²) in [6.07, 6.45) is 5.11. The second-order valence-electron chi connectivity index (χ2n) is 4.79. The van der Waals surface area contributed by atoms with E-state index in [0.717, 1.165) is 25.7 Å². The molecular formula is C12H17N5O3. The van der Waals surface area contributed by atoms with Crippen molar-refractivity contribution in [3.63, 3.8) is 0 Å². The lowest BCUT2D eigenvalue weighted by Gasteiger charge is -2.29. The number of nitrogens with two attached hydrogens (primary N) is 1. The molecule has 20 heavy (non-hydrogen) atoms. The van der Waals surface area contributed by atoms with Gasteiger partial charge in [0.05, 0.1) is 12.4 Å². The third-order valence-electron chi connectivity index (χ3n) is 3.31. The first-order valence-corrected chi connectivity index (χ1v) is 6.42. The number of amides is 2. The highest BCUT2D eigenvalue weighted by Gasteiger charge is 2.22. The summed E-state index contributed by atoms with van der Waals surface area (Å²) in [5, 5.41) is 14.4. The fraction of sp³-hybridized carbons (Fsp3) is 0.500. The Bertz CT molecular complexity index is 482.